The van der Waals surface area contributed by atoms with Crippen molar-refractivity contribution in [3.63, 3.8) is 0 Å². The highest BCUT2D eigenvalue weighted by atomic mass is 32.1. The van der Waals surface area contributed by atoms with Crippen LogP contribution in [0.1, 0.15) is 60.4 Å². The molecule has 0 saturated carbocycles. The summed E-state index contributed by atoms with van der Waals surface area (Å²) in [5.74, 6) is -0.182. The number of pyridine rings is 1. The molecule has 0 saturated heterocycles. The van der Waals surface area contributed by atoms with Crippen molar-refractivity contribution in [3.8, 4) is 17.6 Å². The third-order valence-corrected chi connectivity index (χ3v) is 8.56. The van der Waals surface area contributed by atoms with E-state index >= 15 is 0 Å². The predicted octanol–water partition coefficient (Wildman–Crippen LogP) is 6.16. The molecule has 188 valence electrons. The van der Waals surface area contributed by atoms with Crippen molar-refractivity contribution in [2.24, 2.45) is 4.99 Å². The Kier molecular flexibility index (Phi) is 5.86. The Bertz CT molecular complexity index is 1700. The van der Waals surface area contributed by atoms with E-state index in [4.69, 9.17) is 4.99 Å². The predicted molar refractivity (Wildman–Crippen MR) is 151 cm³/mol. The zero-order valence-corrected chi connectivity index (χ0v) is 22.7. The first-order valence-corrected chi connectivity index (χ1v) is 13.1. The minimum Gasteiger partial charge on any atom is -0.494 e. The minimum atomic E-state index is -0.299. The van der Waals surface area contributed by atoms with Crippen molar-refractivity contribution >= 4 is 33.3 Å². The molecule has 37 heavy (non-hydrogen) atoms. The van der Waals surface area contributed by atoms with E-state index in [2.05, 4.69) is 39.1 Å². The summed E-state index contributed by atoms with van der Waals surface area (Å²) in [6.07, 6.45) is 2.31. The van der Waals surface area contributed by atoms with Gasteiger partial charge in [0.05, 0.1) is 16.8 Å². The van der Waals surface area contributed by atoms with Crippen LogP contribution in [0, 0.1) is 25.2 Å². The summed E-state index contributed by atoms with van der Waals surface area (Å²) in [6, 6.07) is 15.2. The number of fused-ring (bicyclic) bond motifs is 2. The van der Waals surface area contributed by atoms with Gasteiger partial charge in [-0.25, -0.2) is 9.56 Å². The quantitative estimate of drug-likeness (QED) is 0.323. The standard InChI is InChI=1S/C30H30N4O2S/c1-17-11-12-19(13-18(17)2)34-27(35)21-10-8-7-9-20(21)24(28(34)36)16-32-26-23(15-31)22-14-29(3,4)33-30(5,6)25(22)37-26/h7-13,16,33,36H,14H2,1-6H3. The molecule has 0 fully saturated rings. The second-order valence-corrected chi connectivity index (χ2v) is 12.0. The molecule has 0 unspecified atom stereocenters. The SMILES string of the molecule is Cc1ccc(-n2c(O)c(C=Nc3sc4c(c3C#N)CC(C)(C)NC4(C)C)c3ccccc3c2=O)cc1C. The maximum Gasteiger partial charge on any atom is 0.265 e. The molecule has 3 heterocycles. The van der Waals surface area contributed by atoms with Gasteiger partial charge in [-0.2, -0.15) is 5.26 Å². The van der Waals surface area contributed by atoms with Crippen LogP contribution in [-0.4, -0.2) is 21.4 Å². The molecule has 2 aromatic carbocycles. The largest absolute Gasteiger partial charge is 0.494 e. The van der Waals surface area contributed by atoms with E-state index in [1.165, 1.54) is 15.9 Å². The fourth-order valence-electron chi connectivity index (χ4n) is 5.44. The van der Waals surface area contributed by atoms with E-state index < -0.39 is 0 Å². The monoisotopic (exact) mass is 510 g/mol. The van der Waals surface area contributed by atoms with Crippen LogP contribution in [0.15, 0.2) is 52.3 Å². The molecular weight excluding hydrogens is 480 g/mol. The molecule has 2 N–H and O–H groups in total. The van der Waals surface area contributed by atoms with Gasteiger partial charge in [0.25, 0.3) is 5.56 Å². The number of nitrogens with zero attached hydrogens (tertiary/aromatic N) is 3. The zero-order valence-electron chi connectivity index (χ0n) is 21.9. The molecule has 7 heteroatoms. The van der Waals surface area contributed by atoms with Crippen molar-refractivity contribution < 1.29 is 5.11 Å². The number of thiophene rings is 1. The average Bonchev–Trinajstić information content (AvgIpc) is 3.18. The number of aryl methyl sites for hydroxylation is 2. The highest BCUT2D eigenvalue weighted by Gasteiger charge is 2.40. The molecule has 0 atom stereocenters. The van der Waals surface area contributed by atoms with E-state index in [9.17, 15) is 15.2 Å². The normalized spacial score (nSPS) is 16.1. The van der Waals surface area contributed by atoms with Crippen molar-refractivity contribution in [2.45, 2.75) is 59.0 Å². The van der Waals surface area contributed by atoms with Gasteiger partial charge in [-0.3, -0.25) is 4.79 Å². The lowest BCUT2D eigenvalue weighted by molar-refractivity contribution is 0.247. The van der Waals surface area contributed by atoms with Gasteiger partial charge < -0.3 is 10.4 Å². The molecule has 1 aliphatic heterocycles. The number of aromatic hydroxyl groups is 1. The molecule has 0 bridgehead atoms. The number of hydrogen-bond donors (Lipinski definition) is 2. The molecule has 4 aromatic rings. The minimum absolute atomic E-state index is 0.152. The Balaban J connectivity index is 1.72. The number of hydrogen-bond acceptors (Lipinski definition) is 6. The van der Waals surface area contributed by atoms with Crippen molar-refractivity contribution in [3.05, 3.63) is 85.5 Å². The number of nitriles is 1. The number of rotatable bonds is 3. The second kappa shape index (κ2) is 8.69. The molecule has 0 aliphatic carbocycles. The number of aliphatic imine (C=N–C) groups is 1. The molecule has 0 amide bonds. The van der Waals surface area contributed by atoms with E-state index in [0.29, 0.717) is 32.6 Å². The van der Waals surface area contributed by atoms with E-state index in [1.54, 1.807) is 12.3 Å². The van der Waals surface area contributed by atoms with Gasteiger partial charge in [0, 0.05) is 32.9 Å². The van der Waals surface area contributed by atoms with Crippen LogP contribution in [0.3, 0.4) is 0 Å². The Morgan fingerprint density at radius 3 is 2.49 bits per heavy atom. The highest BCUT2D eigenvalue weighted by molar-refractivity contribution is 7.16. The van der Waals surface area contributed by atoms with Crippen LogP contribution < -0.4 is 10.9 Å². The van der Waals surface area contributed by atoms with Gasteiger partial charge in [0.2, 0.25) is 5.88 Å². The van der Waals surface area contributed by atoms with Gasteiger partial charge in [-0.05, 0) is 82.9 Å². The second-order valence-electron chi connectivity index (χ2n) is 11.0. The Morgan fingerprint density at radius 2 is 1.81 bits per heavy atom. The van der Waals surface area contributed by atoms with Crippen LogP contribution in [0.5, 0.6) is 5.88 Å². The number of aromatic nitrogens is 1. The summed E-state index contributed by atoms with van der Waals surface area (Å²) in [5, 5.41) is 26.8. The summed E-state index contributed by atoms with van der Waals surface area (Å²) in [4.78, 5) is 19.3. The Morgan fingerprint density at radius 1 is 1.11 bits per heavy atom. The van der Waals surface area contributed by atoms with Gasteiger partial charge in [0.1, 0.15) is 11.1 Å². The Hall–Kier alpha value is -3.73. The van der Waals surface area contributed by atoms with Crippen molar-refractivity contribution in [1.29, 1.82) is 5.26 Å². The van der Waals surface area contributed by atoms with Crippen LogP contribution >= 0.6 is 11.3 Å². The molecule has 0 radical (unpaired) electrons. The molecule has 2 aromatic heterocycles. The molecule has 5 rings (SSSR count). The molecular formula is C30H30N4O2S. The zero-order chi connectivity index (χ0) is 26.7. The first-order chi connectivity index (χ1) is 17.4. The average molecular weight is 511 g/mol. The van der Waals surface area contributed by atoms with Crippen LogP contribution in [-0.2, 0) is 12.0 Å². The summed E-state index contributed by atoms with van der Waals surface area (Å²) in [7, 11) is 0. The fourth-order valence-corrected chi connectivity index (χ4v) is 6.61. The summed E-state index contributed by atoms with van der Waals surface area (Å²) in [5.41, 5.74) is 4.00. The smallest absolute Gasteiger partial charge is 0.265 e. The van der Waals surface area contributed by atoms with Crippen LogP contribution in [0.4, 0.5) is 5.00 Å². The van der Waals surface area contributed by atoms with Gasteiger partial charge in [-0.15, -0.1) is 11.3 Å². The maximum atomic E-state index is 13.4. The van der Waals surface area contributed by atoms with E-state index in [1.807, 2.05) is 50.2 Å². The van der Waals surface area contributed by atoms with Crippen LogP contribution in [0.25, 0.3) is 16.5 Å². The van der Waals surface area contributed by atoms with Crippen molar-refractivity contribution in [1.82, 2.24) is 9.88 Å². The highest BCUT2D eigenvalue weighted by Crippen LogP contribution is 2.46. The van der Waals surface area contributed by atoms with Gasteiger partial charge in [0.15, 0.2) is 0 Å². The third kappa shape index (κ3) is 4.16. The van der Waals surface area contributed by atoms with E-state index in [-0.39, 0.29) is 22.5 Å². The fraction of sp³-hybridized carbons (Fsp3) is 0.300. The molecule has 6 nitrogen and oxygen atoms in total. The summed E-state index contributed by atoms with van der Waals surface area (Å²) >= 11 is 1.50. The lowest BCUT2D eigenvalue weighted by Crippen LogP contribution is -2.54. The topological polar surface area (TPSA) is 90.4 Å². The van der Waals surface area contributed by atoms with Crippen molar-refractivity contribution in [2.75, 3.05) is 0 Å². The lowest BCUT2D eigenvalue weighted by atomic mass is 9.81. The lowest BCUT2D eigenvalue weighted by Gasteiger charge is -2.42. The summed E-state index contributed by atoms with van der Waals surface area (Å²) in [6.45, 7) is 12.5. The number of nitrogens with one attached hydrogen (secondary N) is 1. The van der Waals surface area contributed by atoms with E-state index in [0.717, 1.165) is 28.0 Å². The first kappa shape index (κ1) is 24.9. The summed E-state index contributed by atoms with van der Waals surface area (Å²) < 4.78 is 1.33. The Labute approximate surface area is 220 Å². The van der Waals surface area contributed by atoms with Crippen LogP contribution in [0.2, 0.25) is 0 Å². The third-order valence-electron chi connectivity index (χ3n) is 7.10. The molecule has 0 spiro atoms. The number of benzene rings is 2. The first-order valence-electron chi connectivity index (χ1n) is 12.3. The maximum absolute atomic E-state index is 13.4. The van der Waals surface area contributed by atoms with Gasteiger partial charge in [-0.1, -0.05) is 24.3 Å². The van der Waals surface area contributed by atoms with Gasteiger partial charge >= 0.3 is 0 Å². The molecule has 1 aliphatic rings.